The first-order chi connectivity index (χ1) is 9.86. The summed E-state index contributed by atoms with van der Waals surface area (Å²) in [5, 5.41) is 3.17. The quantitative estimate of drug-likeness (QED) is 0.865. The van der Waals surface area contributed by atoms with E-state index in [1.54, 1.807) is 6.33 Å². The second kappa shape index (κ2) is 6.04. The topological polar surface area (TPSA) is 85.0 Å². The van der Waals surface area contributed by atoms with Crippen molar-refractivity contribution < 1.29 is 9.47 Å². The fourth-order valence-corrected chi connectivity index (χ4v) is 2.16. The number of aromatic amines is 1. The van der Waals surface area contributed by atoms with Gasteiger partial charge in [0.05, 0.1) is 19.5 Å². The molecule has 2 N–H and O–H groups in total. The van der Waals surface area contributed by atoms with E-state index in [4.69, 9.17) is 9.47 Å². The number of ether oxygens (including phenoxy) is 2. The van der Waals surface area contributed by atoms with Crippen molar-refractivity contribution in [3.8, 4) is 5.88 Å². The van der Waals surface area contributed by atoms with Crippen LogP contribution in [0.1, 0.15) is 26.2 Å². The van der Waals surface area contributed by atoms with Crippen molar-refractivity contribution in [2.24, 2.45) is 0 Å². The van der Waals surface area contributed by atoms with E-state index < -0.39 is 0 Å². The van der Waals surface area contributed by atoms with Crippen LogP contribution in [-0.4, -0.2) is 45.8 Å². The molecule has 2 aromatic rings. The number of hydrogen-bond acceptors (Lipinski definition) is 6. The zero-order chi connectivity index (χ0) is 13.8. The highest BCUT2D eigenvalue weighted by Crippen LogP contribution is 2.24. The van der Waals surface area contributed by atoms with Crippen molar-refractivity contribution >= 4 is 17.1 Å². The Morgan fingerprint density at radius 3 is 3.05 bits per heavy atom. The van der Waals surface area contributed by atoms with Crippen LogP contribution >= 0.6 is 0 Å². The van der Waals surface area contributed by atoms with Crippen LogP contribution in [0.5, 0.6) is 5.88 Å². The van der Waals surface area contributed by atoms with Gasteiger partial charge in [-0.1, -0.05) is 6.92 Å². The minimum Gasteiger partial charge on any atom is -0.473 e. The van der Waals surface area contributed by atoms with Gasteiger partial charge in [0, 0.05) is 19.4 Å². The number of fused-ring (bicyclic) bond motifs is 1. The minimum atomic E-state index is 0.143. The molecule has 0 unspecified atom stereocenters. The van der Waals surface area contributed by atoms with Crippen LogP contribution in [-0.2, 0) is 4.74 Å². The molecule has 0 spiro atoms. The second-order valence-corrected chi connectivity index (χ2v) is 4.81. The SMILES string of the molecule is CCCNc1nc(OC2CCOCC2)c2[nH]cnc2n1. The van der Waals surface area contributed by atoms with Gasteiger partial charge in [-0.2, -0.15) is 9.97 Å². The van der Waals surface area contributed by atoms with Crippen molar-refractivity contribution in [1.29, 1.82) is 0 Å². The summed E-state index contributed by atoms with van der Waals surface area (Å²) in [4.78, 5) is 16.0. The Balaban J connectivity index is 1.84. The smallest absolute Gasteiger partial charge is 0.245 e. The van der Waals surface area contributed by atoms with Gasteiger partial charge in [0.25, 0.3) is 0 Å². The lowest BCUT2D eigenvalue weighted by molar-refractivity contribution is 0.0244. The fourth-order valence-electron chi connectivity index (χ4n) is 2.16. The van der Waals surface area contributed by atoms with Gasteiger partial charge in [-0.3, -0.25) is 0 Å². The predicted molar refractivity (Wildman–Crippen MR) is 74.9 cm³/mol. The molecule has 0 bridgehead atoms. The maximum Gasteiger partial charge on any atom is 0.245 e. The van der Waals surface area contributed by atoms with Gasteiger partial charge in [0.15, 0.2) is 5.65 Å². The third-order valence-electron chi connectivity index (χ3n) is 3.23. The third-order valence-corrected chi connectivity index (χ3v) is 3.23. The van der Waals surface area contributed by atoms with Crippen molar-refractivity contribution in [2.75, 3.05) is 25.1 Å². The largest absolute Gasteiger partial charge is 0.473 e. The Morgan fingerprint density at radius 2 is 2.25 bits per heavy atom. The Hall–Kier alpha value is -1.89. The van der Waals surface area contributed by atoms with E-state index in [2.05, 4.69) is 32.2 Å². The maximum atomic E-state index is 6.01. The molecule has 0 atom stereocenters. The molecule has 2 aromatic heterocycles. The van der Waals surface area contributed by atoms with Crippen molar-refractivity contribution in [3.63, 3.8) is 0 Å². The first-order valence-electron chi connectivity index (χ1n) is 7.06. The van der Waals surface area contributed by atoms with E-state index in [1.807, 2.05) is 0 Å². The van der Waals surface area contributed by atoms with E-state index in [0.717, 1.165) is 44.5 Å². The third kappa shape index (κ3) is 2.82. The van der Waals surface area contributed by atoms with Gasteiger partial charge < -0.3 is 19.8 Å². The molecule has 1 fully saturated rings. The van der Waals surface area contributed by atoms with Gasteiger partial charge in [-0.05, 0) is 6.42 Å². The van der Waals surface area contributed by atoms with Crippen LogP contribution in [0.4, 0.5) is 5.95 Å². The molecule has 1 aliphatic heterocycles. The average Bonchev–Trinajstić information content (AvgIpc) is 2.95. The predicted octanol–water partition coefficient (Wildman–Crippen LogP) is 1.73. The van der Waals surface area contributed by atoms with Crippen molar-refractivity contribution in [1.82, 2.24) is 19.9 Å². The monoisotopic (exact) mass is 277 g/mol. The van der Waals surface area contributed by atoms with Gasteiger partial charge in [0.1, 0.15) is 11.6 Å². The van der Waals surface area contributed by atoms with Gasteiger partial charge in [-0.25, -0.2) is 4.98 Å². The van der Waals surface area contributed by atoms with E-state index in [-0.39, 0.29) is 6.10 Å². The van der Waals surface area contributed by atoms with Crippen LogP contribution < -0.4 is 10.1 Å². The summed E-state index contributed by atoms with van der Waals surface area (Å²) in [6.45, 7) is 4.40. The number of anilines is 1. The fraction of sp³-hybridized carbons (Fsp3) is 0.615. The summed E-state index contributed by atoms with van der Waals surface area (Å²) in [6.07, 6.45) is 4.54. The van der Waals surface area contributed by atoms with Gasteiger partial charge >= 0.3 is 0 Å². The number of H-pyrrole nitrogens is 1. The highest BCUT2D eigenvalue weighted by molar-refractivity contribution is 5.76. The molecule has 0 radical (unpaired) electrons. The molecule has 7 heteroatoms. The van der Waals surface area contributed by atoms with Crippen LogP contribution in [0, 0.1) is 0 Å². The number of imidazole rings is 1. The molecule has 20 heavy (non-hydrogen) atoms. The lowest BCUT2D eigenvalue weighted by atomic mass is 10.1. The summed E-state index contributed by atoms with van der Waals surface area (Å²) in [5.41, 5.74) is 1.37. The molecular weight excluding hydrogens is 258 g/mol. The average molecular weight is 277 g/mol. The molecule has 7 nitrogen and oxygen atoms in total. The summed E-state index contributed by atoms with van der Waals surface area (Å²) < 4.78 is 11.3. The van der Waals surface area contributed by atoms with E-state index in [0.29, 0.717) is 17.5 Å². The van der Waals surface area contributed by atoms with Crippen LogP contribution in [0.3, 0.4) is 0 Å². The van der Waals surface area contributed by atoms with Gasteiger partial charge in [0.2, 0.25) is 11.8 Å². The zero-order valence-corrected chi connectivity index (χ0v) is 11.6. The molecule has 0 saturated carbocycles. The Morgan fingerprint density at radius 1 is 1.40 bits per heavy atom. The Bertz CT molecular complexity index is 565. The lowest BCUT2D eigenvalue weighted by Gasteiger charge is -2.22. The molecule has 108 valence electrons. The molecule has 3 heterocycles. The highest BCUT2D eigenvalue weighted by Gasteiger charge is 2.19. The minimum absolute atomic E-state index is 0.143. The lowest BCUT2D eigenvalue weighted by Crippen LogP contribution is -2.26. The van der Waals surface area contributed by atoms with Crippen molar-refractivity contribution in [2.45, 2.75) is 32.3 Å². The summed E-state index contributed by atoms with van der Waals surface area (Å²) in [7, 11) is 0. The number of rotatable bonds is 5. The Kier molecular flexibility index (Phi) is 3.96. The molecule has 0 amide bonds. The van der Waals surface area contributed by atoms with E-state index in [9.17, 15) is 0 Å². The summed E-state index contributed by atoms with van der Waals surface area (Å²) in [6, 6.07) is 0. The van der Waals surface area contributed by atoms with E-state index in [1.165, 1.54) is 0 Å². The normalized spacial score (nSPS) is 16.4. The van der Waals surface area contributed by atoms with Crippen LogP contribution in [0.2, 0.25) is 0 Å². The molecule has 3 rings (SSSR count). The zero-order valence-electron chi connectivity index (χ0n) is 11.6. The number of aromatic nitrogens is 4. The van der Waals surface area contributed by atoms with Crippen molar-refractivity contribution in [3.05, 3.63) is 6.33 Å². The number of hydrogen-bond donors (Lipinski definition) is 2. The molecular formula is C13H19N5O2. The van der Waals surface area contributed by atoms with Gasteiger partial charge in [-0.15, -0.1) is 0 Å². The standard InChI is InChI=1S/C13H19N5O2/c1-2-5-14-13-17-11-10(15-8-16-11)12(18-13)20-9-3-6-19-7-4-9/h8-9H,2-7H2,1H3,(H2,14,15,16,17,18). The van der Waals surface area contributed by atoms with Crippen LogP contribution in [0.15, 0.2) is 6.33 Å². The molecule has 0 aliphatic carbocycles. The summed E-state index contributed by atoms with van der Waals surface area (Å²) in [5.74, 6) is 1.13. The highest BCUT2D eigenvalue weighted by atomic mass is 16.5. The molecule has 1 aliphatic rings. The Labute approximate surface area is 117 Å². The van der Waals surface area contributed by atoms with Crippen LogP contribution in [0.25, 0.3) is 11.2 Å². The summed E-state index contributed by atoms with van der Waals surface area (Å²) >= 11 is 0. The first-order valence-corrected chi connectivity index (χ1v) is 7.06. The first kappa shape index (κ1) is 13.1. The number of nitrogens with zero attached hydrogens (tertiary/aromatic N) is 3. The number of nitrogens with one attached hydrogen (secondary N) is 2. The molecule has 1 saturated heterocycles. The van der Waals surface area contributed by atoms with E-state index >= 15 is 0 Å². The maximum absolute atomic E-state index is 6.01. The second-order valence-electron chi connectivity index (χ2n) is 4.81. The molecule has 0 aromatic carbocycles.